The van der Waals surface area contributed by atoms with E-state index in [0.29, 0.717) is 12.4 Å². The maximum atomic E-state index is 13.4. The van der Waals surface area contributed by atoms with Gasteiger partial charge in [0.25, 0.3) is 10.0 Å². The molecule has 0 fully saturated rings. The van der Waals surface area contributed by atoms with E-state index in [4.69, 9.17) is 16.3 Å². The number of carbonyl (C=O) groups excluding carboxylic acids is 1. The van der Waals surface area contributed by atoms with Crippen LogP contribution in [0.2, 0.25) is 5.02 Å². The highest BCUT2D eigenvalue weighted by Crippen LogP contribution is 2.26. The predicted octanol–water partition coefficient (Wildman–Crippen LogP) is 4.85. The van der Waals surface area contributed by atoms with Gasteiger partial charge in [-0.1, -0.05) is 11.6 Å². The average Bonchev–Trinajstić information content (AvgIpc) is 2.76. The molecule has 0 unspecified atom stereocenters. The maximum Gasteiger partial charge on any atom is 0.264 e. The summed E-state index contributed by atoms with van der Waals surface area (Å²) in [6.07, 6.45) is 0. The summed E-state index contributed by atoms with van der Waals surface area (Å²) in [4.78, 5) is 12.5. The maximum absolute atomic E-state index is 13.4. The fraction of sp³-hybridized carbons (Fsp3) is 0.136. The Morgan fingerprint density at radius 3 is 2.28 bits per heavy atom. The number of nitrogens with zero attached hydrogens (tertiary/aromatic N) is 1. The first-order chi connectivity index (χ1) is 15.2. The van der Waals surface area contributed by atoms with E-state index in [1.54, 1.807) is 12.1 Å². The average molecular weight is 481 g/mol. The van der Waals surface area contributed by atoms with Crippen molar-refractivity contribution in [1.29, 1.82) is 0 Å². The van der Waals surface area contributed by atoms with Crippen LogP contribution in [-0.2, 0) is 14.8 Å². The number of hydrogen-bond acceptors (Lipinski definition) is 4. The third kappa shape index (κ3) is 5.54. The summed E-state index contributed by atoms with van der Waals surface area (Å²) in [6.45, 7) is 1.65. The molecule has 10 heteroatoms. The van der Waals surface area contributed by atoms with Crippen LogP contribution in [0.3, 0.4) is 0 Å². The van der Waals surface area contributed by atoms with Gasteiger partial charge in [-0.15, -0.1) is 0 Å². The van der Waals surface area contributed by atoms with Crippen molar-refractivity contribution >= 4 is 38.9 Å². The first-order valence-electron chi connectivity index (χ1n) is 9.47. The molecule has 0 atom stereocenters. The monoisotopic (exact) mass is 480 g/mol. The normalized spacial score (nSPS) is 11.1. The van der Waals surface area contributed by atoms with Crippen LogP contribution in [0.15, 0.2) is 71.6 Å². The lowest BCUT2D eigenvalue weighted by Gasteiger charge is -2.24. The van der Waals surface area contributed by atoms with Crippen molar-refractivity contribution < 1.29 is 26.7 Å². The van der Waals surface area contributed by atoms with Crippen LogP contribution in [-0.4, -0.2) is 27.5 Å². The molecule has 0 heterocycles. The van der Waals surface area contributed by atoms with Gasteiger partial charge >= 0.3 is 0 Å². The quantitative estimate of drug-likeness (QED) is 0.500. The van der Waals surface area contributed by atoms with Gasteiger partial charge in [-0.2, -0.15) is 0 Å². The van der Waals surface area contributed by atoms with Crippen LogP contribution in [0.5, 0.6) is 5.75 Å². The Morgan fingerprint density at radius 2 is 1.69 bits per heavy atom. The molecule has 32 heavy (non-hydrogen) atoms. The van der Waals surface area contributed by atoms with E-state index in [2.05, 4.69) is 5.32 Å². The van der Waals surface area contributed by atoms with Crippen molar-refractivity contribution in [3.05, 3.63) is 83.4 Å². The number of ether oxygens (including phenoxy) is 1. The molecular formula is C22H19ClF2N2O4S. The van der Waals surface area contributed by atoms with E-state index >= 15 is 0 Å². The molecular weight excluding hydrogens is 462 g/mol. The second kappa shape index (κ2) is 9.97. The molecule has 3 aromatic carbocycles. The second-order valence-electron chi connectivity index (χ2n) is 6.57. The fourth-order valence-corrected chi connectivity index (χ4v) is 4.43. The van der Waals surface area contributed by atoms with Crippen LogP contribution in [0.25, 0.3) is 0 Å². The van der Waals surface area contributed by atoms with Crippen molar-refractivity contribution in [1.82, 2.24) is 0 Å². The second-order valence-corrected chi connectivity index (χ2v) is 8.84. The SMILES string of the molecule is CCOc1ccc(N(CC(=O)Nc2ccc(F)c(Cl)c2)S(=O)(=O)c2ccc(F)cc2)cc1. The van der Waals surface area contributed by atoms with Crippen molar-refractivity contribution in [3.63, 3.8) is 0 Å². The summed E-state index contributed by atoms with van der Waals surface area (Å²) in [5.41, 5.74) is 0.400. The molecule has 1 amide bonds. The Balaban J connectivity index is 1.93. The summed E-state index contributed by atoms with van der Waals surface area (Å²) in [5.74, 6) is -1.41. The molecule has 3 rings (SSSR count). The standard InChI is InChI=1S/C22H19ClF2N2O4S/c1-2-31-18-8-6-17(7-9-18)27(32(29,30)19-10-3-15(24)4-11-19)14-22(28)26-16-5-12-21(25)20(23)13-16/h3-13H,2,14H2,1H3,(H,26,28). The number of rotatable bonds is 8. The molecule has 1 N–H and O–H groups in total. The number of carbonyl (C=O) groups is 1. The van der Waals surface area contributed by atoms with Crippen LogP contribution < -0.4 is 14.4 Å². The Bertz CT molecular complexity index is 1200. The van der Waals surface area contributed by atoms with Gasteiger partial charge in [0.15, 0.2) is 0 Å². The van der Waals surface area contributed by atoms with Gasteiger partial charge in [-0.3, -0.25) is 9.10 Å². The Morgan fingerprint density at radius 1 is 1.03 bits per heavy atom. The van der Waals surface area contributed by atoms with Crippen molar-refractivity contribution in [2.75, 3.05) is 22.8 Å². The number of nitrogens with one attached hydrogen (secondary N) is 1. The molecule has 168 valence electrons. The van der Waals surface area contributed by atoms with E-state index in [9.17, 15) is 22.0 Å². The Kier molecular flexibility index (Phi) is 7.32. The number of benzene rings is 3. The molecule has 0 spiro atoms. The number of hydrogen-bond donors (Lipinski definition) is 1. The Hall–Kier alpha value is -3.17. The molecule has 0 radical (unpaired) electrons. The molecule has 6 nitrogen and oxygen atoms in total. The summed E-state index contributed by atoms with van der Waals surface area (Å²) in [7, 11) is -4.22. The minimum atomic E-state index is -4.22. The van der Waals surface area contributed by atoms with Gasteiger partial charge in [0.1, 0.15) is 23.9 Å². The zero-order valence-corrected chi connectivity index (χ0v) is 18.5. The largest absolute Gasteiger partial charge is 0.494 e. The van der Waals surface area contributed by atoms with Crippen LogP contribution in [0, 0.1) is 11.6 Å². The van der Waals surface area contributed by atoms with Gasteiger partial charge in [0.2, 0.25) is 5.91 Å². The zero-order chi connectivity index (χ0) is 23.3. The lowest BCUT2D eigenvalue weighted by molar-refractivity contribution is -0.114. The lowest BCUT2D eigenvalue weighted by Crippen LogP contribution is -2.38. The van der Waals surface area contributed by atoms with Crippen LogP contribution in [0.4, 0.5) is 20.2 Å². The molecule has 0 aliphatic rings. The van der Waals surface area contributed by atoms with E-state index in [-0.39, 0.29) is 21.3 Å². The van der Waals surface area contributed by atoms with E-state index in [1.807, 2.05) is 6.92 Å². The third-order valence-electron chi connectivity index (χ3n) is 4.33. The lowest BCUT2D eigenvalue weighted by atomic mass is 10.3. The van der Waals surface area contributed by atoms with E-state index < -0.39 is 34.1 Å². The summed E-state index contributed by atoms with van der Waals surface area (Å²) in [5, 5.41) is 2.30. The number of sulfonamides is 1. The van der Waals surface area contributed by atoms with Gasteiger partial charge < -0.3 is 10.1 Å². The van der Waals surface area contributed by atoms with E-state index in [0.717, 1.165) is 34.6 Å². The van der Waals surface area contributed by atoms with Crippen molar-refractivity contribution in [2.24, 2.45) is 0 Å². The molecule has 0 aliphatic carbocycles. The van der Waals surface area contributed by atoms with Crippen molar-refractivity contribution in [2.45, 2.75) is 11.8 Å². The topological polar surface area (TPSA) is 75.7 Å². The highest BCUT2D eigenvalue weighted by atomic mass is 35.5. The van der Waals surface area contributed by atoms with Crippen LogP contribution in [0.1, 0.15) is 6.92 Å². The number of amides is 1. The van der Waals surface area contributed by atoms with Crippen molar-refractivity contribution in [3.8, 4) is 5.75 Å². The number of anilines is 2. The molecule has 3 aromatic rings. The minimum Gasteiger partial charge on any atom is -0.494 e. The number of halogens is 3. The molecule has 0 aliphatic heterocycles. The van der Waals surface area contributed by atoms with Gasteiger partial charge in [0, 0.05) is 5.69 Å². The zero-order valence-electron chi connectivity index (χ0n) is 16.9. The molecule has 0 aromatic heterocycles. The molecule has 0 saturated carbocycles. The highest BCUT2D eigenvalue weighted by Gasteiger charge is 2.27. The molecule has 0 saturated heterocycles. The third-order valence-corrected chi connectivity index (χ3v) is 6.41. The highest BCUT2D eigenvalue weighted by molar-refractivity contribution is 7.92. The van der Waals surface area contributed by atoms with Gasteiger partial charge in [-0.05, 0) is 73.7 Å². The summed E-state index contributed by atoms with van der Waals surface area (Å²) in [6, 6.07) is 14.0. The van der Waals surface area contributed by atoms with Gasteiger partial charge in [0.05, 0.1) is 22.2 Å². The Labute approximate surface area is 189 Å². The summed E-state index contributed by atoms with van der Waals surface area (Å²) >= 11 is 5.73. The summed E-state index contributed by atoms with van der Waals surface area (Å²) < 4.78 is 59.4. The van der Waals surface area contributed by atoms with Gasteiger partial charge in [-0.25, -0.2) is 17.2 Å². The predicted molar refractivity (Wildman–Crippen MR) is 119 cm³/mol. The fourth-order valence-electron chi connectivity index (χ4n) is 2.83. The first-order valence-corrected chi connectivity index (χ1v) is 11.3. The first kappa shape index (κ1) is 23.5. The van der Waals surface area contributed by atoms with Crippen LogP contribution >= 0.6 is 11.6 Å². The minimum absolute atomic E-state index is 0.189. The molecule has 0 bridgehead atoms. The smallest absolute Gasteiger partial charge is 0.264 e. The van der Waals surface area contributed by atoms with E-state index in [1.165, 1.54) is 24.3 Å².